The van der Waals surface area contributed by atoms with Crippen molar-refractivity contribution in [1.82, 2.24) is 0 Å². The number of rotatable bonds is 1. The van der Waals surface area contributed by atoms with Crippen molar-refractivity contribution in [2.75, 3.05) is 6.54 Å². The van der Waals surface area contributed by atoms with E-state index in [4.69, 9.17) is 10.8 Å². The molecule has 1 aliphatic rings. The van der Waals surface area contributed by atoms with Gasteiger partial charge in [-0.2, -0.15) is 9.28 Å². The first-order valence-corrected chi connectivity index (χ1v) is 4.91. The van der Waals surface area contributed by atoms with E-state index >= 15 is 0 Å². The molecular formula is C9H17N2O4+. The summed E-state index contributed by atoms with van der Waals surface area (Å²) in [5.41, 5.74) is 5.44. The number of carbonyl (C=O) groups excluding carboxylic acids is 1. The number of nitrogens with two attached hydrogens (primary N) is 1. The summed E-state index contributed by atoms with van der Waals surface area (Å²) in [7, 11) is 0. The Morgan fingerprint density at radius 1 is 1.53 bits per heavy atom. The van der Waals surface area contributed by atoms with Gasteiger partial charge in [-0.05, 0) is 13.8 Å². The van der Waals surface area contributed by atoms with Crippen LogP contribution in [0, 0.1) is 0 Å². The number of hydrogen-bond acceptors (Lipinski definition) is 4. The quantitative estimate of drug-likeness (QED) is 0.514. The molecular weight excluding hydrogens is 200 g/mol. The van der Waals surface area contributed by atoms with E-state index in [1.165, 1.54) is 6.92 Å². The zero-order chi connectivity index (χ0) is 11.8. The summed E-state index contributed by atoms with van der Waals surface area (Å²) in [6, 6.07) is -1.27. The molecule has 0 saturated carbocycles. The van der Waals surface area contributed by atoms with Crippen LogP contribution < -0.4 is 5.73 Å². The van der Waals surface area contributed by atoms with Crippen molar-refractivity contribution in [3.63, 3.8) is 0 Å². The van der Waals surface area contributed by atoms with Gasteiger partial charge in [0.15, 0.2) is 0 Å². The molecule has 6 nitrogen and oxygen atoms in total. The lowest BCUT2D eigenvalue weighted by atomic mass is 10.2. The molecule has 4 N–H and O–H groups in total. The largest absolute Gasteiger partial charge is 0.521 e. The maximum absolute atomic E-state index is 11.8. The number of carbonyl (C=O) groups is 2. The van der Waals surface area contributed by atoms with Crippen molar-refractivity contribution in [1.29, 1.82) is 0 Å². The third-order valence-corrected chi connectivity index (χ3v) is 2.99. The van der Waals surface area contributed by atoms with Crippen LogP contribution in [0.15, 0.2) is 0 Å². The highest BCUT2D eigenvalue weighted by atomic mass is 16.4. The van der Waals surface area contributed by atoms with Gasteiger partial charge in [-0.1, -0.05) is 0 Å². The molecule has 0 bridgehead atoms. The van der Waals surface area contributed by atoms with Crippen LogP contribution in [0.4, 0.5) is 4.79 Å². The maximum Gasteiger partial charge on any atom is 0.521 e. The standard InChI is InChI=1S/C9H16N2O4/c1-5-3-7(12)4-11(5,9(14)15)8(13)6(2)10/h5-7,12H,3-4,10H2,1-2H3/p+1/t5-,6+,7?,11?/m1/s1. The molecule has 1 fully saturated rings. The monoisotopic (exact) mass is 217 g/mol. The summed E-state index contributed by atoms with van der Waals surface area (Å²) in [6.07, 6.45) is -1.68. The lowest BCUT2D eigenvalue weighted by Crippen LogP contribution is -2.63. The van der Waals surface area contributed by atoms with Gasteiger partial charge in [-0.3, -0.25) is 0 Å². The number of hydrogen-bond donors (Lipinski definition) is 3. The number of aliphatic hydroxyl groups excluding tert-OH is 1. The summed E-state index contributed by atoms with van der Waals surface area (Å²) in [4.78, 5) is 23.0. The number of likely N-dealkylation sites (tertiary alicyclic amines) is 1. The van der Waals surface area contributed by atoms with E-state index < -0.39 is 34.7 Å². The molecule has 0 aliphatic carbocycles. The van der Waals surface area contributed by atoms with Gasteiger partial charge >= 0.3 is 12.0 Å². The Kier molecular flexibility index (Phi) is 3.13. The molecule has 0 aromatic heterocycles. The fraction of sp³-hybridized carbons (Fsp3) is 0.778. The van der Waals surface area contributed by atoms with Crippen LogP contribution in [0.5, 0.6) is 0 Å². The minimum atomic E-state index is -1.23. The Balaban J connectivity index is 3.10. The fourth-order valence-corrected chi connectivity index (χ4v) is 2.19. The van der Waals surface area contributed by atoms with Gasteiger partial charge in [0.2, 0.25) is 0 Å². The number of amides is 2. The molecule has 0 aromatic carbocycles. The molecule has 86 valence electrons. The second-order valence-corrected chi connectivity index (χ2v) is 4.20. The highest BCUT2D eigenvalue weighted by molar-refractivity contribution is 5.84. The van der Waals surface area contributed by atoms with Gasteiger partial charge in [0.25, 0.3) is 0 Å². The van der Waals surface area contributed by atoms with Crippen LogP contribution >= 0.6 is 0 Å². The minimum Gasteiger partial charge on any atom is -0.435 e. The summed E-state index contributed by atoms with van der Waals surface area (Å²) >= 11 is 0. The predicted octanol–water partition coefficient (Wildman–Crippen LogP) is -0.492. The van der Waals surface area contributed by atoms with Gasteiger partial charge in [-0.15, -0.1) is 0 Å². The first-order chi connectivity index (χ1) is 6.82. The van der Waals surface area contributed by atoms with Crippen molar-refractivity contribution < 1.29 is 24.3 Å². The average Bonchev–Trinajstić information content (AvgIpc) is 2.40. The van der Waals surface area contributed by atoms with E-state index in [0.717, 1.165) is 0 Å². The van der Waals surface area contributed by atoms with Crippen LogP contribution in [0.2, 0.25) is 0 Å². The SMILES string of the molecule is C[C@H](N)C(=O)[N+]1(C(=O)O)CC(O)C[C@H]1C. The van der Waals surface area contributed by atoms with E-state index in [-0.39, 0.29) is 6.54 Å². The van der Waals surface area contributed by atoms with Crippen molar-refractivity contribution in [3.05, 3.63) is 0 Å². The molecule has 1 heterocycles. The Bertz CT molecular complexity index is 292. The first-order valence-electron chi connectivity index (χ1n) is 4.91. The molecule has 1 saturated heterocycles. The normalized spacial score (nSPS) is 37.6. The van der Waals surface area contributed by atoms with Gasteiger partial charge in [0.05, 0.1) is 0 Å². The lowest BCUT2D eigenvalue weighted by Gasteiger charge is -2.30. The number of aliphatic hydroxyl groups is 1. The Morgan fingerprint density at radius 3 is 2.33 bits per heavy atom. The highest BCUT2D eigenvalue weighted by Gasteiger charge is 2.56. The Morgan fingerprint density at radius 2 is 2.07 bits per heavy atom. The second kappa shape index (κ2) is 3.88. The minimum absolute atomic E-state index is 0.0864. The van der Waals surface area contributed by atoms with E-state index in [1.54, 1.807) is 6.92 Å². The van der Waals surface area contributed by atoms with E-state index in [0.29, 0.717) is 6.42 Å². The van der Waals surface area contributed by atoms with Gasteiger partial charge in [-0.25, -0.2) is 4.79 Å². The van der Waals surface area contributed by atoms with Crippen molar-refractivity contribution in [2.24, 2.45) is 5.73 Å². The molecule has 2 amide bonds. The van der Waals surface area contributed by atoms with Crippen LogP contribution in [0.1, 0.15) is 20.3 Å². The van der Waals surface area contributed by atoms with Crippen LogP contribution in [-0.2, 0) is 4.79 Å². The molecule has 2 unspecified atom stereocenters. The zero-order valence-corrected chi connectivity index (χ0v) is 8.88. The van der Waals surface area contributed by atoms with Gasteiger partial charge < -0.3 is 15.9 Å². The number of imide groups is 1. The average molecular weight is 217 g/mol. The van der Waals surface area contributed by atoms with Crippen LogP contribution in [0.3, 0.4) is 0 Å². The van der Waals surface area contributed by atoms with Crippen molar-refractivity contribution in [3.8, 4) is 0 Å². The number of carboxylic acid groups (broad SMARTS) is 1. The summed E-state index contributed by atoms with van der Waals surface area (Å²) in [6.45, 7) is 3.02. The van der Waals surface area contributed by atoms with Crippen molar-refractivity contribution in [2.45, 2.75) is 38.5 Å². The number of quaternary nitrogens is 1. The van der Waals surface area contributed by atoms with Crippen molar-refractivity contribution >= 4 is 12.0 Å². The molecule has 15 heavy (non-hydrogen) atoms. The second-order valence-electron chi connectivity index (χ2n) is 4.20. The topological polar surface area (TPSA) is 101 Å². The van der Waals surface area contributed by atoms with E-state index in [2.05, 4.69) is 0 Å². The third kappa shape index (κ3) is 1.75. The van der Waals surface area contributed by atoms with Crippen LogP contribution in [0.25, 0.3) is 0 Å². The summed E-state index contributed by atoms with van der Waals surface area (Å²) < 4.78 is -0.751. The first kappa shape index (κ1) is 12.1. The molecule has 0 aromatic rings. The smallest absolute Gasteiger partial charge is 0.435 e. The Labute approximate surface area is 87.9 Å². The van der Waals surface area contributed by atoms with E-state index in [9.17, 15) is 14.7 Å². The summed E-state index contributed by atoms with van der Waals surface area (Å²) in [5, 5.41) is 18.6. The lowest BCUT2D eigenvalue weighted by molar-refractivity contribution is -0.794. The molecule has 1 aliphatic heterocycles. The highest BCUT2D eigenvalue weighted by Crippen LogP contribution is 2.28. The number of nitrogens with zero attached hydrogens (tertiary/aromatic N) is 1. The van der Waals surface area contributed by atoms with Gasteiger partial charge in [0, 0.05) is 6.42 Å². The zero-order valence-electron chi connectivity index (χ0n) is 8.88. The Hall–Kier alpha value is -0.980. The molecule has 0 spiro atoms. The molecule has 6 heteroatoms. The molecule has 0 radical (unpaired) electrons. The summed E-state index contributed by atoms with van der Waals surface area (Å²) in [5.74, 6) is -0.549. The van der Waals surface area contributed by atoms with E-state index in [1.807, 2.05) is 0 Å². The predicted molar refractivity (Wildman–Crippen MR) is 51.9 cm³/mol. The third-order valence-electron chi connectivity index (χ3n) is 2.99. The fourth-order valence-electron chi connectivity index (χ4n) is 2.19. The maximum atomic E-state index is 11.8. The molecule has 4 atom stereocenters. The molecule has 1 rings (SSSR count). The van der Waals surface area contributed by atoms with Crippen LogP contribution in [-0.4, -0.2) is 51.4 Å². The van der Waals surface area contributed by atoms with Gasteiger partial charge in [0.1, 0.15) is 24.7 Å².